The Labute approximate surface area is 151 Å². The molecule has 7 nitrogen and oxygen atoms in total. The first-order chi connectivity index (χ1) is 11.6. The zero-order valence-electron chi connectivity index (χ0n) is 14.7. The van der Waals surface area contributed by atoms with Gasteiger partial charge in [-0.25, -0.2) is 9.59 Å². The highest BCUT2D eigenvalue weighted by Crippen LogP contribution is 2.30. The first kappa shape index (κ1) is 21.0. The van der Waals surface area contributed by atoms with Gasteiger partial charge in [-0.15, -0.1) is 0 Å². The molecule has 0 amide bonds. The Kier molecular flexibility index (Phi) is 7.92. The molecule has 0 aromatic heterocycles. The highest BCUT2D eigenvalue weighted by atomic mass is 32.2. The molecular formula is C17H23NO6S. The Morgan fingerprint density at radius 3 is 2.24 bits per heavy atom. The molecule has 0 spiro atoms. The van der Waals surface area contributed by atoms with Gasteiger partial charge in [-0.2, -0.15) is 0 Å². The minimum absolute atomic E-state index is 0.316. The monoisotopic (exact) mass is 369 g/mol. The Bertz CT molecular complexity index is 602. The number of hydrogen-bond acceptors (Lipinski definition) is 8. The molecule has 0 aliphatic rings. The van der Waals surface area contributed by atoms with Crippen molar-refractivity contribution in [3.05, 3.63) is 30.3 Å². The lowest BCUT2D eigenvalue weighted by Crippen LogP contribution is -2.49. The van der Waals surface area contributed by atoms with Crippen molar-refractivity contribution in [2.24, 2.45) is 11.7 Å². The number of hydrogen-bond donors (Lipinski definition) is 1. The summed E-state index contributed by atoms with van der Waals surface area (Å²) in [6.45, 7) is 6.09. The largest absolute Gasteiger partial charge is 0.428 e. The lowest BCUT2D eigenvalue weighted by molar-refractivity contribution is -0.155. The average molecular weight is 369 g/mol. The predicted molar refractivity (Wildman–Crippen MR) is 94.0 cm³/mol. The topological polar surface area (TPSA) is 105 Å². The van der Waals surface area contributed by atoms with Crippen LogP contribution in [0.15, 0.2) is 30.3 Å². The molecule has 0 bridgehead atoms. The predicted octanol–water partition coefficient (Wildman–Crippen LogP) is 2.72. The van der Waals surface area contributed by atoms with Crippen LogP contribution in [0.2, 0.25) is 0 Å². The lowest BCUT2D eigenvalue weighted by atomic mass is 10.0. The van der Waals surface area contributed by atoms with Crippen molar-refractivity contribution in [2.45, 2.75) is 38.5 Å². The van der Waals surface area contributed by atoms with Gasteiger partial charge in [0, 0.05) is 4.75 Å². The fourth-order valence-corrected chi connectivity index (χ4v) is 2.32. The van der Waals surface area contributed by atoms with Crippen molar-refractivity contribution in [3.63, 3.8) is 0 Å². The van der Waals surface area contributed by atoms with Crippen LogP contribution in [0.5, 0.6) is 5.75 Å². The average Bonchev–Trinajstić information content (AvgIpc) is 2.54. The van der Waals surface area contributed by atoms with Crippen molar-refractivity contribution >= 4 is 29.0 Å². The molecule has 0 saturated carbocycles. The molecule has 0 saturated heterocycles. The van der Waals surface area contributed by atoms with E-state index in [-0.39, 0.29) is 5.92 Å². The summed E-state index contributed by atoms with van der Waals surface area (Å²) in [6, 6.07) is 7.43. The number of para-hydroxylation sites is 1. The molecule has 0 radical (unpaired) electrons. The van der Waals surface area contributed by atoms with Crippen LogP contribution in [-0.4, -0.2) is 34.8 Å². The number of esters is 2. The van der Waals surface area contributed by atoms with E-state index in [1.165, 1.54) is 0 Å². The molecule has 1 rings (SSSR count). The number of benzene rings is 1. The normalized spacial score (nSPS) is 12.4. The van der Waals surface area contributed by atoms with E-state index in [1.807, 2.05) is 0 Å². The third-order valence-electron chi connectivity index (χ3n) is 3.16. The molecule has 1 atom stereocenters. The van der Waals surface area contributed by atoms with Gasteiger partial charge >= 0.3 is 17.2 Å². The second-order valence-electron chi connectivity index (χ2n) is 6.05. The van der Waals surface area contributed by atoms with Crippen LogP contribution in [0.25, 0.3) is 0 Å². The van der Waals surface area contributed by atoms with E-state index in [0.717, 1.165) is 11.8 Å². The maximum absolute atomic E-state index is 12.1. The summed E-state index contributed by atoms with van der Waals surface area (Å²) in [6.07, 6.45) is 0. The number of ether oxygens (including phenoxy) is 3. The van der Waals surface area contributed by atoms with Gasteiger partial charge in [0.25, 0.3) is 0 Å². The zero-order valence-corrected chi connectivity index (χ0v) is 15.5. The van der Waals surface area contributed by atoms with E-state index in [4.69, 9.17) is 19.9 Å². The third-order valence-corrected chi connectivity index (χ3v) is 4.22. The van der Waals surface area contributed by atoms with Crippen LogP contribution in [-0.2, 0) is 19.1 Å². The van der Waals surface area contributed by atoms with Gasteiger partial charge in [-0.3, -0.25) is 4.79 Å². The molecule has 0 fully saturated rings. The van der Waals surface area contributed by atoms with Gasteiger partial charge in [-0.05, 0) is 37.7 Å². The first-order valence-electron chi connectivity index (χ1n) is 7.68. The van der Waals surface area contributed by atoms with Crippen molar-refractivity contribution in [3.8, 4) is 5.75 Å². The maximum atomic E-state index is 12.1. The molecule has 0 heterocycles. The Morgan fingerprint density at radius 2 is 1.68 bits per heavy atom. The second kappa shape index (κ2) is 9.43. The summed E-state index contributed by atoms with van der Waals surface area (Å²) in [7, 11) is 0. The molecule has 0 unspecified atom stereocenters. The van der Waals surface area contributed by atoms with Crippen molar-refractivity contribution in [2.75, 3.05) is 6.79 Å². The minimum Gasteiger partial charge on any atom is -0.428 e. The van der Waals surface area contributed by atoms with Crippen molar-refractivity contribution in [1.82, 2.24) is 0 Å². The molecule has 2 N–H and O–H groups in total. The number of carbonyl (C=O) groups excluding carboxylic acids is 3. The molecule has 1 aromatic carbocycles. The van der Waals surface area contributed by atoms with E-state index < -0.39 is 34.8 Å². The molecule has 8 heteroatoms. The fourth-order valence-electron chi connectivity index (χ4n) is 1.56. The SMILES string of the molecule is CC(C)C(=O)OCOC(=O)SC(C)(C)[C@@H](N)C(=O)Oc1ccccc1. The number of thioether (sulfide) groups is 1. The van der Waals surface area contributed by atoms with Crippen LogP contribution in [0.3, 0.4) is 0 Å². The maximum Gasteiger partial charge on any atom is 0.370 e. The Balaban J connectivity index is 2.50. The molecule has 0 aliphatic carbocycles. The standard InChI is InChI=1S/C17H23NO6S/c1-11(2)14(19)22-10-23-16(21)25-17(3,4)13(18)15(20)24-12-8-6-5-7-9-12/h5-9,11,13H,10,18H2,1-4H3/t13-/m0/s1. The molecule has 1 aromatic rings. The summed E-state index contributed by atoms with van der Waals surface area (Å²) in [5.41, 5.74) is 5.92. The number of rotatable bonds is 7. The van der Waals surface area contributed by atoms with Gasteiger partial charge in [0.15, 0.2) is 0 Å². The minimum atomic E-state index is -1.07. The Hall–Kier alpha value is -2.06. The number of nitrogens with two attached hydrogens (primary N) is 1. The zero-order chi connectivity index (χ0) is 19.0. The van der Waals surface area contributed by atoms with Crippen molar-refractivity contribution < 1.29 is 28.6 Å². The Morgan fingerprint density at radius 1 is 1.08 bits per heavy atom. The summed E-state index contributed by atoms with van der Waals surface area (Å²) in [5, 5.41) is -0.704. The molecular weight excluding hydrogens is 346 g/mol. The van der Waals surface area contributed by atoms with Crippen LogP contribution in [0, 0.1) is 5.92 Å². The van der Waals surface area contributed by atoms with E-state index in [2.05, 4.69) is 0 Å². The summed E-state index contributed by atoms with van der Waals surface area (Å²) >= 11 is 0.731. The van der Waals surface area contributed by atoms with Crippen LogP contribution < -0.4 is 10.5 Å². The molecule has 138 valence electrons. The smallest absolute Gasteiger partial charge is 0.370 e. The van der Waals surface area contributed by atoms with Crippen LogP contribution in [0.4, 0.5) is 4.79 Å². The lowest BCUT2D eigenvalue weighted by Gasteiger charge is -2.27. The summed E-state index contributed by atoms with van der Waals surface area (Å²) in [4.78, 5) is 35.3. The van der Waals surface area contributed by atoms with Gasteiger partial charge in [0.2, 0.25) is 6.79 Å². The van der Waals surface area contributed by atoms with E-state index in [1.54, 1.807) is 58.0 Å². The van der Waals surface area contributed by atoms with Gasteiger partial charge < -0.3 is 19.9 Å². The van der Waals surface area contributed by atoms with E-state index in [0.29, 0.717) is 5.75 Å². The highest BCUT2D eigenvalue weighted by molar-refractivity contribution is 8.14. The van der Waals surface area contributed by atoms with E-state index >= 15 is 0 Å². The van der Waals surface area contributed by atoms with Gasteiger partial charge in [0.1, 0.15) is 11.8 Å². The first-order valence-corrected chi connectivity index (χ1v) is 8.50. The molecule has 0 aliphatic heterocycles. The van der Waals surface area contributed by atoms with Crippen LogP contribution >= 0.6 is 11.8 Å². The third kappa shape index (κ3) is 7.15. The second-order valence-corrected chi connectivity index (χ2v) is 7.64. The van der Waals surface area contributed by atoms with Gasteiger partial charge in [-0.1, -0.05) is 32.0 Å². The van der Waals surface area contributed by atoms with Crippen LogP contribution in [0.1, 0.15) is 27.7 Å². The molecule has 25 heavy (non-hydrogen) atoms. The van der Waals surface area contributed by atoms with Crippen molar-refractivity contribution in [1.29, 1.82) is 0 Å². The summed E-state index contributed by atoms with van der Waals surface area (Å²) < 4.78 is 13.8. The quantitative estimate of drug-likeness (QED) is 0.444. The fraction of sp³-hybridized carbons (Fsp3) is 0.471. The summed E-state index contributed by atoms with van der Waals surface area (Å²) in [5.74, 6) is -1.08. The number of carbonyl (C=O) groups is 3. The van der Waals surface area contributed by atoms with E-state index in [9.17, 15) is 14.4 Å². The highest BCUT2D eigenvalue weighted by Gasteiger charge is 2.37. The van der Waals surface area contributed by atoms with Gasteiger partial charge in [0.05, 0.1) is 5.92 Å².